The van der Waals surface area contributed by atoms with E-state index in [-0.39, 0.29) is 38.7 Å². The molecule has 0 amide bonds. The van der Waals surface area contributed by atoms with E-state index in [0.29, 0.717) is 37.1 Å². The van der Waals surface area contributed by atoms with Crippen molar-refractivity contribution in [1.29, 1.82) is 0 Å². The number of benzene rings is 5. The first kappa shape index (κ1) is 32.7. The molecule has 250 valence electrons. The average molecular weight is 704 g/mol. The van der Waals surface area contributed by atoms with Crippen LogP contribution in [-0.2, 0) is 0 Å². The second-order valence-electron chi connectivity index (χ2n) is 12.6. The maximum atomic E-state index is 16.1. The molecule has 0 saturated carbocycles. The number of hydrogen-bond acceptors (Lipinski definition) is 6. The van der Waals surface area contributed by atoms with Gasteiger partial charge in [0.15, 0.2) is 11.6 Å². The number of halogens is 4. The van der Waals surface area contributed by atoms with Gasteiger partial charge < -0.3 is 9.80 Å². The standard InChI is InChI=1S/C37H30Cl2F2N4O4/c38-29-9-7-26(18-35(29)44(46)47)33-11-12-34(27-8-10-30(39)36(19-27)45(48)49)43(33)28-20-31(40)37(32(41)21-28)42-15-13-23(14-16-42)25-6-5-22-3-1-2-4-24(22)17-25/h1-10,17-21,23,33-34H,11-16H2. The monoisotopic (exact) mass is 702 g/mol. The molecule has 0 radical (unpaired) electrons. The molecule has 5 aromatic carbocycles. The molecule has 2 saturated heterocycles. The third kappa shape index (κ3) is 6.26. The van der Waals surface area contributed by atoms with Gasteiger partial charge in [-0.05, 0) is 83.3 Å². The van der Waals surface area contributed by atoms with Crippen molar-refractivity contribution in [3.8, 4) is 0 Å². The van der Waals surface area contributed by atoms with Crippen molar-refractivity contribution in [2.24, 2.45) is 0 Å². The summed E-state index contributed by atoms with van der Waals surface area (Å²) in [6.45, 7) is 0.949. The Labute approximate surface area is 290 Å². The molecule has 2 heterocycles. The predicted octanol–water partition coefficient (Wildman–Crippen LogP) is 10.7. The Hall–Kier alpha value is -4.80. The van der Waals surface area contributed by atoms with E-state index >= 15 is 8.78 Å². The molecule has 0 N–H and O–H groups in total. The summed E-state index contributed by atoms with van der Waals surface area (Å²) >= 11 is 12.2. The third-order valence-corrected chi connectivity index (χ3v) is 10.5. The van der Waals surface area contributed by atoms with Crippen LogP contribution in [-0.4, -0.2) is 22.9 Å². The number of anilines is 2. The lowest BCUT2D eigenvalue weighted by molar-refractivity contribution is -0.384. The molecule has 0 bridgehead atoms. The minimum atomic E-state index is -0.729. The van der Waals surface area contributed by atoms with Gasteiger partial charge in [-0.2, -0.15) is 0 Å². The largest absolute Gasteiger partial charge is 0.367 e. The van der Waals surface area contributed by atoms with Crippen LogP contribution in [0.25, 0.3) is 10.8 Å². The van der Waals surface area contributed by atoms with Gasteiger partial charge in [0.25, 0.3) is 11.4 Å². The molecule has 49 heavy (non-hydrogen) atoms. The van der Waals surface area contributed by atoms with Crippen molar-refractivity contribution in [2.75, 3.05) is 22.9 Å². The highest BCUT2D eigenvalue weighted by molar-refractivity contribution is 6.33. The van der Waals surface area contributed by atoms with Gasteiger partial charge >= 0.3 is 0 Å². The Morgan fingerprint density at radius 2 is 1.14 bits per heavy atom. The zero-order valence-corrected chi connectivity index (χ0v) is 27.6. The van der Waals surface area contributed by atoms with Crippen molar-refractivity contribution in [1.82, 2.24) is 0 Å². The molecule has 0 aromatic heterocycles. The van der Waals surface area contributed by atoms with Crippen molar-refractivity contribution in [3.63, 3.8) is 0 Å². The van der Waals surface area contributed by atoms with E-state index in [9.17, 15) is 20.2 Å². The lowest BCUT2D eigenvalue weighted by Crippen LogP contribution is -2.34. The molecule has 2 atom stereocenters. The van der Waals surface area contributed by atoms with Gasteiger partial charge in [0, 0.05) is 30.9 Å². The first-order chi connectivity index (χ1) is 23.6. The molecule has 2 aliphatic rings. The second kappa shape index (κ2) is 13.2. The smallest absolute Gasteiger partial charge is 0.288 e. The summed E-state index contributed by atoms with van der Waals surface area (Å²) in [5.41, 5.74) is 1.81. The summed E-state index contributed by atoms with van der Waals surface area (Å²) in [7, 11) is 0. The van der Waals surface area contributed by atoms with Crippen molar-refractivity contribution in [3.05, 3.63) is 150 Å². The number of nitrogens with zero attached hydrogens (tertiary/aromatic N) is 4. The molecule has 12 heteroatoms. The summed E-state index contributed by atoms with van der Waals surface area (Å²) in [5, 5.41) is 25.7. The van der Waals surface area contributed by atoms with E-state index in [1.165, 1.54) is 47.3 Å². The number of hydrogen-bond donors (Lipinski definition) is 0. The SMILES string of the molecule is O=[N+]([O-])c1cc(C2CCC(c3ccc(Cl)c([N+](=O)[O-])c3)N2c2cc(F)c(N3CCC(c4ccc5ccccc5c4)CC3)c(F)c2)ccc1Cl. The van der Waals surface area contributed by atoms with Gasteiger partial charge in [0.1, 0.15) is 15.7 Å². The molecule has 2 aliphatic heterocycles. The van der Waals surface area contributed by atoms with Crippen LogP contribution in [0.5, 0.6) is 0 Å². The van der Waals surface area contributed by atoms with Gasteiger partial charge in [-0.25, -0.2) is 8.78 Å². The highest BCUT2D eigenvalue weighted by Crippen LogP contribution is 2.49. The molecule has 8 nitrogen and oxygen atoms in total. The zero-order chi connectivity index (χ0) is 34.4. The highest BCUT2D eigenvalue weighted by atomic mass is 35.5. The van der Waals surface area contributed by atoms with E-state index in [4.69, 9.17) is 23.2 Å². The van der Waals surface area contributed by atoms with Crippen LogP contribution in [0, 0.1) is 31.9 Å². The second-order valence-corrected chi connectivity index (χ2v) is 13.4. The van der Waals surface area contributed by atoms with Crippen LogP contribution in [0.1, 0.15) is 60.4 Å². The van der Waals surface area contributed by atoms with Gasteiger partial charge in [-0.3, -0.25) is 20.2 Å². The van der Waals surface area contributed by atoms with Crippen LogP contribution < -0.4 is 9.80 Å². The Balaban J connectivity index is 1.21. The number of rotatable bonds is 7. The fourth-order valence-electron chi connectivity index (χ4n) is 7.48. The number of piperidine rings is 1. The van der Waals surface area contributed by atoms with E-state index in [1.54, 1.807) is 21.9 Å². The van der Waals surface area contributed by atoms with Gasteiger partial charge in [-0.1, -0.05) is 77.8 Å². The van der Waals surface area contributed by atoms with E-state index in [2.05, 4.69) is 30.3 Å². The van der Waals surface area contributed by atoms with Gasteiger partial charge in [0.2, 0.25) is 0 Å². The van der Waals surface area contributed by atoms with Crippen molar-refractivity contribution in [2.45, 2.75) is 43.7 Å². The van der Waals surface area contributed by atoms with Crippen LogP contribution in [0.15, 0.2) is 91.0 Å². The minimum Gasteiger partial charge on any atom is -0.367 e. The normalized spacial score (nSPS) is 18.3. The average Bonchev–Trinajstić information content (AvgIpc) is 3.53. The maximum Gasteiger partial charge on any atom is 0.288 e. The van der Waals surface area contributed by atoms with Crippen LogP contribution >= 0.6 is 23.2 Å². The first-order valence-electron chi connectivity index (χ1n) is 16.0. The van der Waals surface area contributed by atoms with E-state index in [1.807, 2.05) is 12.1 Å². The summed E-state index contributed by atoms with van der Waals surface area (Å²) in [4.78, 5) is 25.8. The Kier molecular flexibility index (Phi) is 8.85. The predicted molar refractivity (Wildman–Crippen MR) is 188 cm³/mol. The van der Waals surface area contributed by atoms with E-state index < -0.39 is 33.6 Å². The van der Waals surface area contributed by atoms with Crippen LogP contribution in [0.3, 0.4) is 0 Å². The minimum absolute atomic E-state index is 0.0333. The zero-order valence-electron chi connectivity index (χ0n) is 26.1. The Bertz CT molecular complexity index is 2010. The van der Waals surface area contributed by atoms with Crippen LogP contribution in [0.2, 0.25) is 10.0 Å². The molecule has 7 rings (SSSR count). The number of nitro groups is 2. The van der Waals surface area contributed by atoms with Gasteiger partial charge in [-0.15, -0.1) is 0 Å². The number of fused-ring (bicyclic) bond motifs is 1. The molecule has 5 aromatic rings. The molecule has 0 aliphatic carbocycles. The van der Waals surface area contributed by atoms with Gasteiger partial charge in [0.05, 0.1) is 21.9 Å². The summed E-state index contributed by atoms with van der Waals surface area (Å²) in [6.07, 6.45) is 2.38. The fraction of sp³-hybridized carbons (Fsp3) is 0.243. The summed E-state index contributed by atoms with van der Waals surface area (Å²) in [5.74, 6) is -1.19. The van der Waals surface area contributed by atoms with Crippen molar-refractivity contribution >= 4 is 56.7 Å². The number of nitro benzene ring substituents is 2. The fourth-order valence-corrected chi connectivity index (χ4v) is 7.85. The molecule has 2 fully saturated rings. The highest BCUT2D eigenvalue weighted by Gasteiger charge is 2.38. The Morgan fingerprint density at radius 1 is 0.633 bits per heavy atom. The quantitative estimate of drug-likeness (QED) is 0.124. The van der Waals surface area contributed by atoms with Crippen LogP contribution in [0.4, 0.5) is 31.5 Å². The first-order valence-corrected chi connectivity index (χ1v) is 16.7. The maximum absolute atomic E-state index is 16.1. The van der Waals surface area contributed by atoms with Crippen molar-refractivity contribution < 1.29 is 18.6 Å². The lowest BCUT2D eigenvalue weighted by Gasteiger charge is -2.36. The summed E-state index contributed by atoms with van der Waals surface area (Å²) in [6, 6.07) is 25.0. The Morgan fingerprint density at radius 3 is 1.67 bits per heavy atom. The third-order valence-electron chi connectivity index (χ3n) is 9.84. The lowest BCUT2D eigenvalue weighted by atomic mass is 9.88. The van der Waals surface area contributed by atoms with E-state index in [0.717, 1.165) is 18.2 Å². The molecule has 2 unspecified atom stereocenters. The molecular formula is C37H30Cl2F2N4O4. The topological polar surface area (TPSA) is 92.8 Å². The molecular weight excluding hydrogens is 673 g/mol. The molecule has 0 spiro atoms. The summed E-state index contributed by atoms with van der Waals surface area (Å²) < 4.78 is 32.3.